The molecule has 3 unspecified atom stereocenters. The molecule has 1 N–H and O–H groups in total. The van der Waals surface area contributed by atoms with Gasteiger partial charge in [0.1, 0.15) is 0 Å². The highest BCUT2D eigenvalue weighted by Gasteiger charge is 2.51. The zero-order valence-corrected chi connectivity index (χ0v) is 39.5. The molecular weight excluding hydrogens is 853 g/mol. The number of nitrogens with one attached hydrogen (secondary N) is 1. The molecule has 0 saturated heterocycles. The van der Waals surface area contributed by atoms with E-state index < -0.39 is 0 Å². The number of fused-ring (bicyclic) bond motifs is 6. The fourth-order valence-electron chi connectivity index (χ4n) is 10.1. The van der Waals surface area contributed by atoms with Gasteiger partial charge in [-0.1, -0.05) is 230 Å². The lowest BCUT2D eigenvalue weighted by molar-refractivity contribution is 0.361. The highest BCUT2D eigenvalue weighted by atomic mass is 16.6. The Labute approximate surface area is 412 Å². The van der Waals surface area contributed by atoms with Gasteiger partial charge in [-0.25, -0.2) is 0 Å². The molecule has 0 spiro atoms. The van der Waals surface area contributed by atoms with Crippen LogP contribution >= 0.6 is 0 Å². The molecule has 0 aromatic heterocycles. The number of ether oxygens (including phenoxy) is 2. The first kappa shape index (κ1) is 45.2. The first-order valence-corrected chi connectivity index (χ1v) is 24.0. The van der Waals surface area contributed by atoms with Gasteiger partial charge in [0, 0.05) is 17.3 Å². The van der Waals surface area contributed by atoms with Crippen molar-refractivity contribution in [3.8, 4) is 67.5 Å². The predicted molar refractivity (Wildman–Crippen MR) is 291 cm³/mol. The SMILES string of the molecule is C=NC(C)c1ccc(-c2cccc3c2Oc2c(ccc4c2-c2ccccc2C4(c2ccccc2)C2C=CC=CC2)O3)cc1.Cc1cccc(-c2ccccc2)c1.N=Cc1cccc(-c2ccccc2)c1. The van der Waals surface area contributed by atoms with Crippen LogP contribution in [0.1, 0.15) is 52.8 Å². The van der Waals surface area contributed by atoms with Gasteiger partial charge in [-0.2, -0.15) is 0 Å². The fourth-order valence-corrected chi connectivity index (χ4v) is 10.1. The molecule has 2 aliphatic carbocycles. The highest BCUT2D eigenvalue weighted by Crippen LogP contribution is 2.63. The van der Waals surface area contributed by atoms with Gasteiger partial charge in [0.05, 0.1) is 11.5 Å². The van der Waals surface area contributed by atoms with E-state index in [1.807, 2.05) is 61.5 Å². The summed E-state index contributed by atoms with van der Waals surface area (Å²) in [7, 11) is 0. The molecule has 9 aromatic carbocycles. The molecule has 0 saturated carbocycles. The molecule has 4 nitrogen and oxygen atoms in total. The molecule has 4 heteroatoms. The van der Waals surface area contributed by atoms with Crippen molar-refractivity contribution in [1.29, 1.82) is 5.41 Å². The van der Waals surface area contributed by atoms with Gasteiger partial charge < -0.3 is 14.9 Å². The normalized spacial score (nSPS) is 15.9. The molecule has 340 valence electrons. The Kier molecular flexibility index (Phi) is 13.1. The summed E-state index contributed by atoms with van der Waals surface area (Å²) in [6.45, 7) is 7.87. The molecule has 0 radical (unpaired) electrons. The number of aryl methyl sites for hydroxylation is 1. The minimum atomic E-state index is -0.363. The number of aliphatic imine (C=N–C) groups is 1. The van der Waals surface area contributed by atoms with Crippen LogP contribution in [0.25, 0.3) is 44.5 Å². The van der Waals surface area contributed by atoms with E-state index >= 15 is 0 Å². The molecule has 1 heterocycles. The molecule has 9 aromatic rings. The van der Waals surface area contributed by atoms with Crippen LogP contribution in [0.3, 0.4) is 0 Å². The first-order valence-electron chi connectivity index (χ1n) is 24.0. The standard InChI is InChI=1S/C40H31NO2.C13H11N.C13H12/c1-26(41-2)27-20-22-28(23-21-27)31-17-11-19-35-38(31)43-39-36(42-35)25-24-34-37(39)32-16-9-10-18-33(32)40(34,29-12-5-3-6-13-29)30-14-7-4-8-15-30;14-10-11-5-4-8-13(9-11)12-6-2-1-3-7-12;1-11-6-5-9-13(10-11)12-7-3-2-4-8-12/h3-14,16-26,30H,2,15H2,1H3;1-10,14H;2-10H,1H3. The summed E-state index contributed by atoms with van der Waals surface area (Å²) in [6.07, 6.45) is 11.3. The average molecular weight is 907 g/mol. The van der Waals surface area contributed by atoms with E-state index in [2.05, 4.69) is 207 Å². The van der Waals surface area contributed by atoms with Crippen molar-refractivity contribution in [2.45, 2.75) is 31.7 Å². The van der Waals surface area contributed by atoms with E-state index in [0.717, 1.165) is 62.8 Å². The molecule has 0 fully saturated rings. The Bertz CT molecular complexity index is 3360. The molecular formula is C66H54N2O2. The Morgan fingerprint density at radius 3 is 1.84 bits per heavy atom. The number of rotatable bonds is 8. The fraction of sp³-hybridized carbons (Fsp3) is 0.0909. The second-order valence-corrected chi connectivity index (χ2v) is 17.9. The quantitative estimate of drug-likeness (QED) is 0.154. The average Bonchev–Trinajstić information content (AvgIpc) is 3.75. The van der Waals surface area contributed by atoms with Crippen LogP contribution in [0.15, 0.2) is 248 Å². The summed E-state index contributed by atoms with van der Waals surface area (Å²) in [5.41, 5.74) is 16.1. The minimum Gasteiger partial charge on any atom is -0.449 e. The maximum atomic E-state index is 7.18. The maximum Gasteiger partial charge on any atom is 0.178 e. The van der Waals surface area contributed by atoms with Gasteiger partial charge in [-0.3, -0.25) is 4.99 Å². The lowest BCUT2D eigenvalue weighted by atomic mass is 9.62. The van der Waals surface area contributed by atoms with Crippen molar-refractivity contribution < 1.29 is 9.47 Å². The highest BCUT2D eigenvalue weighted by molar-refractivity contribution is 5.91. The Morgan fingerprint density at radius 2 is 1.17 bits per heavy atom. The Morgan fingerprint density at radius 1 is 0.557 bits per heavy atom. The molecule has 12 rings (SSSR count). The van der Waals surface area contributed by atoms with Crippen LogP contribution in [0.4, 0.5) is 0 Å². The van der Waals surface area contributed by atoms with E-state index in [1.54, 1.807) is 0 Å². The Hall–Kier alpha value is -8.60. The van der Waals surface area contributed by atoms with Crippen LogP contribution in [-0.4, -0.2) is 12.9 Å². The van der Waals surface area contributed by atoms with Crippen LogP contribution in [0.5, 0.6) is 23.0 Å². The van der Waals surface area contributed by atoms with Crippen LogP contribution in [-0.2, 0) is 5.41 Å². The number of hydrogen-bond acceptors (Lipinski definition) is 4. The van der Waals surface area contributed by atoms with Gasteiger partial charge >= 0.3 is 0 Å². The third-order valence-electron chi connectivity index (χ3n) is 13.6. The number of nitrogens with zero attached hydrogens (tertiary/aromatic N) is 1. The second-order valence-electron chi connectivity index (χ2n) is 17.9. The number of allylic oxidation sites excluding steroid dienone is 4. The molecule has 0 bridgehead atoms. The molecule has 3 atom stereocenters. The predicted octanol–water partition coefficient (Wildman–Crippen LogP) is 17.5. The van der Waals surface area contributed by atoms with Crippen molar-refractivity contribution in [3.05, 3.63) is 276 Å². The van der Waals surface area contributed by atoms with Gasteiger partial charge in [-0.05, 0) is 112 Å². The molecule has 1 aliphatic heterocycles. The summed E-state index contributed by atoms with van der Waals surface area (Å²) in [6, 6.07) is 75.9. The van der Waals surface area contributed by atoms with E-state index in [4.69, 9.17) is 14.9 Å². The van der Waals surface area contributed by atoms with Crippen molar-refractivity contribution in [3.63, 3.8) is 0 Å². The first-order chi connectivity index (χ1) is 34.5. The minimum absolute atomic E-state index is 0.0484. The van der Waals surface area contributed by atoms with Gasteiger partial charge in [0.2, 0.25) is 0 Å². The third kappa shape index (κ3) is 8.84. The number of para-hydroxylation sites is 1. The zero-order valence-electron chi connectivity index (χ0n) is 39.5. The van der Waals surface area contributed by atoms with Crippen molar-refractivity contribution in [1.82, 2.24) is 0 Å². The van der Waals surface area contributed by atoms with E-state index in [1.165, 1.54) is 50.7 Å². The summed E-state index contributed by atoms with van der Waals surface area (Å²) in [4.78, 5) is 4.17. The van der Waals surface area contributed by atoms with E-state index in [-0.39, 0.29) is 17.4 Å². The van der Waals surface area contributed by atoms with Gasteiger partial charge in [-0.15, -0.1) is 0 Å². The van der Waals surface area contributed by atoms with Crippen LogP contribution < -0.4 is 9.47 Å². The van der Waals surface area contributed by atoms with Crippen molar-refractivity contribution in [2.24, 2.45) is 10.9 Å². The van der Waals surface area contributed by atoms with E-state index in [9.17, 15) is 0 Å². The summed E-state index contributed by atoms with van der Waals surface area (Å²) in [5, 5.41) is 7.18. The molecule has 70 heavy (non-hydrogen) atoms. The Balaban J connectivity index is 0.000000170. The zero-order chi connectivity index (χ0) is 47.9. The summed E-state index contributed by atoms with van der Waals surface area (Å²) < 4.78 is 13.6. The topological polar surface area (TPSA) is 54.7 Å². The maximum absolute atomic E-state index is 7.18. The summed E-state index contributed by atoms with van der Waals surface area (Å²) in [5.74, 6) is 3.22. The molecule has 3 aliphatic rings. The lowest BCUT2D eigenvalue weighted by Gasteiger charge is -2.39. The van der Waals surface area contributed by atoms with Gasteiger partial charge in [0.25, 0.3) is 0 Å². The van der Waals surface area contributed by atoms with Crippen molar-refractivity contribution in [2.75, 3.05) is 0 Å². The lowest BCUT2D eigenvalue weighted by Crippen LogP contribution is -2.35. The van der Waals surface area contributed by atoms with Crippen LogP contribution in [0.2, 0.25) is 0 Å². The molecule has 0 amide bonds. The largest absolute Gasteiger partial charge is 0.449 e. The van der Waals surface area contributed by atoms with Crippen LogP contribution in [0, 0.1) is 18.3 Å². The number of benzene rings is 9. The monoisotopic (exact) mass is 906 g/mol. The van der Waals surface area contributed by atoms with Crippen molar-refractivity contribution >= 4 is 12.9 Å². The smallest absolute Gasteiger partial charge is 0.178 e. The van der Waals surface area contributed by atoms with E-state index in [0.29, 0.717) is 0 Å². The third-order valence-corrected chi connectivity index (χ3v) is 13.6. The number of hydrogen-bond donors (Lipinski definition) is 1. The van der Waals surface area contributed by atoms with Gasteiger partial charge in [0.15, 0.2) is 23.0 Å². The summed E-state index contributed by atoms with van der Waals surface area (Å²) >= 11 is 0. The second kappa shape index (κ2) is 20.3.